The van der Waals surface area contributed by atoms with E-state index in [1.807, 2.05) is 60.7 Å². The van der Waals surface area contributed by atoms with Crippen molar-refractivity contribution in [1.29, 1.82) is 0 Å². The van der Waals surface area contributed by atoms with Crippen LogP contribution in [0.3, 0.4) is 0 Å². The van der Waals surface area contributed by atoms with Gasteiger partial charge in [-0.2, -0.15) is 0 Å². The molecule has 116 valence electrons. The van der Waals surface area contributed by atoms with Crippen molar-refractivity contribution in [3.63, 3.8) is 0 Å². The zero-order valence-electron chi connectivity index (χ0n) is 13.2. The van der Waals surface area contributed by atoms with Gasteiger partial charge in [0.15, 0.2) is 0 Å². The molecule has 0 aliphatic carbocycles. The number of hydrogen-bond acceptors (Lipinski definition) is 3. The smallest absolute Gasteiger partial charge is 0.341 e. The number of benzene rings is 2. The van der Waals surface area contributed by atoms with Crippen molar-refractivity contribution in [2.45, 2.75) is 13.8 Å². The van der Waals surface area contributed by atoms with Crippen LogP contribution in [0.15, 0.2) is 71.8 Å². The molecule has 0 aromatic heterocycles. The number of carbonyl (C=O) groups is 2. The summed E-state index contributed by atoms with van der Waals surface area (Å²) in [6.45, 7) is 3.25. The predicted molar refractivity (Wildman–Crippen MR) is 91.3 cm³/mol. The molecule has 2 rings (SSSR count). The molecule has 0 saturated heterocycles. The maximum Gasteiger partial charge on any atom is 0.341 e. The maximum absolute atomic E-state index is 12.0. The first kappa shape index (κ1) is 16.4. The van der Waals surface area contributed by atoms with Gasteiger partial charge in [0, 0.05) is 11.1 Å². The average Bonchev–Trinajstić information content (AvgIpc) is 2.56. The van der Waals surface area contributed by atoms with Gasteiger partial charge in [0.2, 0.25) is 0 Å². The van der Waals surface area contributed by atoms with Gasteiger partial charge < -0.3 is 4.74 Å². The Kier molecular flexibility index (Phi) is 5.64. The minimum atomic E-state index is -0.639. The van der Waals surface area contributed by atoms with Crippen molar-refractivity contribution >= 4 is 24.1 Å². The van der Waals surface area contributed by atoms with E-state index in [0.29, 0.717) is 11.1 Å². The predicted octanol–water partition coefficient (Wildman–Crippen LogP) is 4.26. The summed E-state index contributed by atoms with van der Waals surface area (Å²) >= 11 is 0. The lowest BCUT2D eigenvalue weighted by Crippen LogP contribution is -2.13. The van der Waals surface area contributed by atoms with E-state index in [1.54, 1.807) is 26.0 Å². The van der Waals surface area contributed by atoms with Crippen LogP contribution in [0.25, 0.3) is 12.2 Å². The zero-order chi connectivity index (χ0) is 16.7. The molecule has 0 unspecified atom stereocenters. The molecule has 2 aromatic carbocycles. The van der Waals surface area contributed by atoms with Gasteiger partial charge in [0.1, 0.15) is 0 Å². The highest BCUT2D eigenvalue weighted by Crippen LogP contribution is 2.11. The number of hydrogen-bond donors (Lipinski definition) is 0. The molecule has 23 heavy (non-hydrogen) atoms. The molecule has 0 N–H and O–H groups in total. The molecule has 0 spiro atoms. The van der Waals surface area contributed by atoms with E-state index in [-0.39, 0.29) is 0 Å². The van der Waals surface area contributed by atoms with Gasteiger partial charge in [0.25, 0.3) is 0 Å². The average molecular weight is 306 g/mol. The first-order valence-electron chi connectivity index (χ1n) is 7.29. The number of esters is 2. The largest absolute Gasteiger partial charge is 0.386 e. The lowest BCUT2D eigenvalue weighted by atomic mass is 10.1. The second-order valence-corrected chi connectivity index (χ2v) is 5.15. The molecule has 0 amide bonds. The van der Waals surface area contributed by atoms with Crippen LogP contribution in [-0.4, -0.2) is 11.9 Å². The van der Waals surface area contributed by atoms with Gasteiger partial charge in [0.05, 0.1) is 0 Å². The molecule has 3 nitrogen and oxygen atoms in total. The summed E-state index contributed by atoms with van der Waals surface area (Å²) in [4.78, 5) is 24.0. The fourth-order valence-corrected chi connectivity index (χ4v) is 1.96. The molecular formula is C20H18O3. The summed E-state index contributed by atoms with van der Waals surface area (Å²) in [5.41, 5.74) is 2.51. The standard InChI is InChI=1S/C20H18O3/c1-15(13-17-9-5-3-6-10-17)19(21)23-20(22)16(2)14-18-11-7-4-8-12-18/h3-14H,1-2H3. The van der Waals surface area contributed by atoms with Crippen molar-refractivity contribution in [2.75, 3.05) is 0 Å². The second kappa shape index (κ2) is 7.90. The Morgan fingerprint density at radius 1 is 0.696 bits per heavy atom. The van der Waals surface area contributed by atoms with Crippen molar-refractivity contribution in [2.24, 2.45) is 0 Å². The summed E-state index contributed by atoms with van der Waals surface area (Å²) in [7, 11) is 0. The fourth-order valence-electron chi connectivity index (χ4n) is 1.96. The van der Waals surface area contributed by atoms with Crippen LogP contribution in [-0.2, 0) is 14.3 Å². The molecule has 0 heterocycles. The van der Waals surface area contributed by atoms with Crippen LogP contribution in [0.5, 0.6) is 0 Å². The summed E-state index contributed by atoms with van der Waals surface area (Å²) in [5, 5.41) is 0. The summed E-state index contributed by atoms with van der Waals surface area (Å²) < 4.78 is 4.90. The third-order valence-corrected chi connectivity index (χ3v) is 3.19. The minimum Gasteiger partial charge on any atom is -0.386 e. The fraction of sp³-hybridized carbons (Fsp3) is 0.100. The van der Waals surface area contributed by atoms with Crippen LogP contribution in [0.2, 0.25) is 0 Å². The first-order valence-corrected chi connectivity index (χ1v) is 7.29. The highest BCUT2D eigenvalue weighted by molar-refractivity contribution is 6.04. The summed E-state index contributed by atoms with van der Waals surface area (Å²) in [6, 6.07) is 18.8. The Morgan fingerprint density at radius 2 is 1.04 bits per heavy atom. The highest BCUT2D eigenvalue weighted by atomic mass is 16.6. The van der Waals surface area contributed by atoms with E-state index in [1.165, 1.54) is 0 Å². The molecular weight excluding hydrogens is 288 g/mol. The number of ether oxygens (including phenoxy) is 1. The molecule has 0 radical (unpaired) electrons. The Morgan fingerprint density at radius 3 is 1.39 bits per heavy atom. The monoisotopic (exact) mass is 306 g/mol. The van der Waals surface area contributed by atoms with E-state index in [2.05, 4.69) is 0 Å². The lowest BCUT2D eigenvalue weighted by Gasteiger charge is -2.04. The van der Waals surface area contributed by atoms with Gasteiger partial charge in [-0.15, -0.1) is 0 Å². The lowest BCUT2D eigenvalue weighted by molar-refractivity contribution is -0.153. The van der Waals surface area contributed by atoms with E-state index in [0.717, 1.165) is 11.1 Å². The van der Waals surface area contributed by atoms with Crippen LogP contribution in [0, 0.1) is 0 Å². The molecule has 0 aliphatic heterocycles. The Balaban J connectivity index is 2.03. The van der Waals surface area contributed by atoms with Crippen LogP contribution in [0.4, 0.5) is 0 Å². The van der Waals surface area contributed by atoms with E-state index >= 15 is 0 Å². The van der Waals surface area contributed by atoms with E-state index < -0.39 is 11.9 Å². The van der Waals surface area contributed by atoms with Crippen molar-refractivity contribution in [1.82, 2.24) is 0 Å². The Labute approximate surface area is 135 Å². The van der Waals surface area contributed by atoms with Crippen molar-refractivity contribution in [3.8, 4) is 0 Å². The van der Waals surface area contributed by atoms with Crippen LogP contribution < -0.4 is 0 Å². The summed E-state index contributed by atoms with van der Waals surface area (Å²) in [5.74, 6) is -1.28. The normalized spacial score (nSPS) is 11.9. The molecule has 2 aromatic rings. The van der Waals surface area contributed by atoms with Gasteiger partial charge in [-0.05, 0) is 37.1 Å². The first-order chi connectivity index (χ1) is 11.1. The second-order valence-electron chi connectivity index (χ2n) is 5.15. The minimum absolute atomic E-state index is 0.372. The number of rotatable bonds is 4. The third kappa shape index (κ3) is 5.08. The van der Waals surface area contributed by atoms with Crippen LogP contribution in [0.1, 0.15) is 25.0 Å². The quantitative estimate of drug-likeness (QED) is 0.481. The van der Waals surface area contributed by atoms with E-state index in [4.69, 9.17) is 4.74 Å². The van der Waals surface area contributed by atoms with Crippen molar-refractivity contribution in [3.05, 3.63) is 82.9 Å². The molecule has 0 bridgehead atoms. The van der Waals surface area contributed by atoms with Crippen LogP contribution >= 0.6 is 0 Å². The van der Waals surface area contributed by atoms with E-state index in [9.17, 15) is 9.59 Å². The summed E-state index contributed by atoms with van der Waals surface area (Å²) in [6.07, 6.45) is 3.37. The van der Waals surface area contributed by atoms with Gasteiger partial charge >= 0.3 is 11.9 Å². The Bertz CT molecular complexity index is 675. The highest BCUT2D eigenvalue weighted by Gasteiger charge is 2.14. The zero-order valence-corrected chi connectivity index (χ0v) is 13.2. The SMILES string of the molecule is CC(=Cc1ccccc1)C(=O)OC(=O)C(C)=Cc1ccccc1. The van der Waals surface area contributed by atoms with Gasteiger partial charge in [-0.3, -0.25) is 0 Å². The third-order valence-electron chi connectivity index (χ3n) is 3.19. The maximum atomic E-state index is 12.0. The van der Waals surface area contributed by atoms with Gasteiger partial charge in [-0.1, -0.05) is 60.7 Å². The molecule has 0 fully saturated rings. The molecule has 0 aliphatic rings. The molecule has 0 saturated carbocycles. The van der Waals surface area contributed by atoms with Gasteiger partial charge in [-0.25, -0.2) is 9.59 Å². The Hall–Kier alpha value is -2.94. The molecule has 3 heteroatoms. The number of carbonyl (C=O) groups excluding carboxylic acids is 2. The topological polar surface area (TPSA) is 43.4 Å². The van der Waals surface area contributed by atoms with Crippen molar-refractivity contribution < 1.29 is 14.3 Å². The molecule has 0 atom stereocenters.